The van der Waals surface area contributed by atoms with Crippen LogP contribution in [0, 0.1) is 17.2 Å². The zero-order valence-electron chi connectivity index (χ0n) is 11.8. The normalized spacial score (nSPS) is 22.0. The van der Waals surface area contributed by atoms with Gasteiger partial charge in [-0.3, -0.25) is 4.79 Å². The van der Waals surface area contributed by atoms with Crippen LogP contribution in [0.25, 0.3) is 0 Å². The van der Waals surface area contributed by atoms with Gasteiger partial charge in [0.15, 0.2) is 10.8 Å². The summed E-state index contributed by atoms with van der Waals surface area (Å²) in [5.74, 6) is 1.19. The predicted octanol–water partition coefficient (Wildman–Crippen LogP) is 1.45. The lowest BCUT2D eigenvalue weighted by Crippen LogP contribution is -2.54. The molecule has 0 spiro atoms. The van der Waals surface area contributed by atoms with Gasteiger partial charge in [0, 0.05) is 31.6 Å². The monoisotopic (exact) mass is 305 g/mol. The second kappa shape index (κ2) is 5.49. The lowest BCUT2D eigenvalue weighted by atomic mass is 10.1. The van der Waals surface area contributed by atoms with E-state index in [4.69, 9.17) is 16.9 Å². The van der Waals surface area contributed by atoms with Gasteiger partial charge in [0.2, 0.25) is 5.91 Å². The van der Waals surface area contributed by atoms with Crippen LogP contribution in [-0.4, -0.2) is 46.5 Å². The van der Waals surface area contributed by atoms with E-state index in [0.29, 0.717) is 25.5 Å². The highest BCUT2D eigenvalue weighted by Gasteiger charge is 2.37. The smallest absolute Gasteiger partial charge is 0.226 e. The summed E-state index contributed by atoms with van der Waals surface area (Å²) in [6, 6.07) is 2.04. The third-order valence-corrected chi connectivity index (χ3v) is 4.25. The number of aromatic nitrogens is 2. The second-order valence-corrected chi connectivity index (χ2v) is 5.94. The molecule has 0 radical (unpaired) electrons. The molecule has 1 atom stereocenters. The van der Waals surface area contributed by atoms with E-state index in [-0.39, 0.29) is 28.7 Å². The number of piperazine rings is 1. The number of hydrogen-bond acceptors (Lipinski definition) is 5. The number of carbonyl (C=O) groups is 1. The van der Waals surface area contributed by atoms with Gasteiger partial charge in [-0.1, -0.05) is 11.6 Å². The Balaban J connectivity index is 1.70. The van der Waals surface area contributed by atoms with E-state index in [9.17, 15) is 4.79 Å². The largest absolute Gasteiger partial charge is 0.351 e. The van der Waals surface area contributed by atoms with Crippen LogP contribution in [0.2, 0.25) is 5.15 Å². The molecule has 21 heavy (non-hydrogen) atoms. The number of hydrogen-bond donors (Lipinski definition) is 0. The molecule has 0 aromatic carbocycles. The fraction of sp³-hybridized carbons (Fsp3) is 0.571. The van der Waals surface area contributed by atoms with Crippen LogP contribution in [-0.2, 0) is 4.79 Å². The fourth-order valence-corrected chi connectivity index (χ4v) is 2.82. The van der Waals surface area contributed by atoms with Crippen LogP contribution in [0.1, 0.15) is 25.5 Å². The molecule has 2 heterocycles. The molecule has 1 aromatic heterocycles. The van der Waals surface area contributed by atoms with Gasteiger partial charge in [-0.15, -0.1) is 0 Å². The Morgan fingerprint density at radius 2 is 2.24 bits per heavy atom. The minimum atomic E-state index is 0.124. The van der Waals surface area contributed by atoms with Gasteiger partial charge in [-0.05, 0) is 19.8 Å². The molecular formula is C14H16ClN5O. The predicted molar refractivity (Wildman–Crippen MR) is 77.9 cm³/mol. The zero-order valence-corrected chi connectivity index (χ0v) is 12.5. The van der Waals surface area contributed by atoms with E-state index in [1.807, 2.05) is 17.9 Å². The van der Waals surface area contributed by atoms with Crippen molar-refractivity contribution in [1.29, 1.82) is 5.26 Å². The Kier molecular flexibility index (Phi) is 3.68. The first kappa shape index (κ1) is 14.1. The summed E-state index contributed by atoms with van der Waals surface area (Å²) in [5, 5.41) is 8.94. The van der Waals surface area contributed by atoms with Crippen molar-refractivity contribution in [2.75, 3.05) is 24.5 Å². The second-order valence-electron chi connectivity index (χ2n) is 5.58. The number of carbonyl (C=O) groups excluding carboxylic acids is 1. The molecule has 1 aromatic rings. The number of anilines is 1. The molecule has 2 aliphatic rings. The maximum absolute atomic E-state index is 12.2. The molecule has 6 nitrogen and oxygen atoms in total. The Morgan fingerprint density at radius 1 is 1.48 bits per heavy atom. The molecule has 0 N–H and O–H groups in total. The number of nitrogens with zero attached hydrogens (tertiary/aromatic N) is 5. The quantitative estimate of drug-likeness (QED) is 0.827. The maximum Gasteiger partial charge on any atom is 0.226 e. The summed E-state index contributed by atoms with van der Waals surface area (Å²) < 4.78 is 0. The minimum absolute atomic E-state index is 0.124. The van der Waals surface area contributed by atoms with Crippen LogP contribution >= 0.6 is 11.6 Å². The lowest BCUT2D eigenvalue weighted by Gasteiger charge is -2.40. The third kappa shape index (κ3) is 2.79. The SMILES string of the molecule is CC1CN(c2cnc(C#N)c(Cl)n2)CCN1C(=O)C1CC1. The first-order valence-electron chi connectivity index (χ1n) is 7.08. The van der Waals surface area contributed by atoms with Crippen molar-refractivity contribution in [3.05, 3.63) is 17.0 Å². The Labute approximate surface area is 128 Å². The summed E-state index contributed by atoms with van der Waals surface area (Å²) >= 11 is 5.93. The summed E-state index contributed by atoms with van der Waals surface area (Å²) in [5.41, 5.74) is 0.135. The molecule has 1 unspecified atom stereocenters. The van der Waals surface area contributed by atoms with Crippen molar-refractivity contribution in [2.24, 2.45) is 5.92 Å². The van der Waals surface area contributed by atoms with E-state index in [1.54, 1.807) is 6.20 Å². The molecule has 7 heteroatoms. The van der Waals surface area contributed by atoms with Gasteiger partial charge in [0.05, 0.1) is 6.20 Å². The molecular weight excluding hydrogens is 290 g/mol. The highest BCUT2D eigenvalue weighted by molar-refractivity contribution is 6.30. The molecule has 110 valence electrons. The molecule has 1 aliphatic carbocycles. The number of halogens is 1. The average Bonchev–Trinajstić information content (AvgIpc) is 3.31. The first-order chi connectivity index (χ1) is 10.1. The van der Waals surface area contributed by atoms with Crippen LogP contribution in [0.3, 0.4) is 0 Å². The van der Waals surface area contributed by atoms with E-state index >= 15 is 0 Å². The highest BCUT2D eigenvalue weighted by atomic mass is 35.5. The fourth-order valence-electron chi connectivity index (χ4n) is 2.64. The Hall–Kier alpha value is -1.87. The summed E-state index contributed by atoms with van der Waals surface area (Å²) in [6.45, 7) is 4.15. The lowest BCUT2D eigenvalue weighted by molar-refractivity contribution is -0.134. The first-order valence-corrected chi connectivity index (χ1v) is 7.46. The average molecular weight is 306 g/mol. The van der Waals surface area contributed by atoms with Crippen molar-refractivity contribution >= 4 is 23.3 Å². The standard InChI is InChI=1S/C14H16ClN5O/c1-9-8-19(4-5-20(9)14(21)10-2-3-10)12-7-17-11(6-16)13(15)18-12/h7,9-10H,2-5,8H2,1H3. The Bertz CT molecular complexity index is 610. The van der Waals surface area contributed by atoms with Crippen molar-refractivity contribution in [2.45, 2.75) is 25.8 Å². The molecule has 2 fully saturated rings. The van der Waals surface area contributed by atoms with Crippen LogP contribution in [0.5, 0.6) is 0 Å². The zero-order chi connectivity index (χ0) is 15.0. The molecule has 1 saturated carbocycles. The Morgan fingerprint density at radius 3 is 2.81 bits per heavy atom. The summed E-state index contributed by atoms with van der Waals surface area (Å²) in [4.78, 5) is 24.4. The molecule has 0 bridgehead atoms. The van der Waals surface area contributed by atoms with E-state index in [0.717, 1.165) is 12.8 Å². The van der Waals surface area contributed by atoms with Crippen molar-refractivity contribution < 1.29 is 4.79 Å². The number of amides is 1. The van der Waals surface area contributed by atoms with Gasteiger partial charge in [0.1, 0.15) is 11.9 Å². The van der Waals surface area contributed by atoms with Gasteiger partial charge in [-0.2, -0.15) is 5.26 Å². The van der Waals surface area contributed by atoms with Crippen LogP contribution < -0.4 is 4.90 Å². The van der Waals surface area contributed by atoms with Crippen molar-refractivity contribution in [3.8, 4) is 6.07 Å². The molecule has 1 amide bonds. The summed E-state index contributed by atoms with van der Waals surface area (Å²) in [7, 11) is 0. The van der Waals surface area contributed by atoms with E-state index in [1.165, 1.54) is 0 Å². The number of nitriles is 1. The van der Waals surface area contributed by atoms with Gasteiger partial charge in [0.25, 0.3) is 0 Å². The van der Waals surface area contributed by atoms with E-state index < -0.39 is 0 Å². The van der Waals surface area contributed by atoms with Gasteiger partial charge in [-0.25, -0.2) is 9.97 Å². The molecule has 3 rings (SSSR count). The molecule has 1 aliphatic heterocycles. The molecule has 1 saturated heterocycles. The van der Waals surface area contributed by atoms with Crippen molar-refractivity contribution in [3.63, 3.8) is 0 Å². The third-order valence-electron chi connectivity index (χ3n) is 3.98. The van der Waals surface area contributed by atoms with Gasteiger partial charge < -0.3 is 9.80 Å². The van der Waals surface area contributed by atoms with E-state index in [2.05, 4.69) is 14.9 Å². The topological polar surface area (TPSA) is 73.1 Å². The highest BCUT2D eigenvalue weighted by Crippen LogP contribution is 2.32. The minimum Gasteiger partial charge on any atom is -0.351 e. The van der Waals surface area contributed by atoms with Gasteiger partial charge >= 0.3 is 0 Å². The summed E-state index contributed by atoms with van der Waals surface area (Å²) in [6.07, 6.45) is 3.63. The maximum atomic E-state index is 12.2. The van der Waals surface area contributed by atoms with Crippen molar-refractivity contribution in [1.82, 2.24) is 14.9 Å². The van der Waals surface area contributed by atoms with Crippen LogP contribution in [0.4, 0.5) is 5.82 Å². The number of rotatable bonds is 2. The van der Waals surface area contributed by atoms with Crippen LogP contribution in [0.15, 0.2) is 6.20 Å².